The predicted molar refractivity (Wildman–Crippen MR) is 120 cm³/mol. The van der Waals surface area contributed by atoms with Crippen LogP contribution in [0.25, 0.3) is 27.7 Å². The molecule has 1 amide bonds. The van der Waals surface area contributed by atoms with Crippen molar-refractivity contribution in [2.75, 3.05) is 5.32 Å². The van der Waals surface area contributed by atoms with E-state index in [9.17, 15) is 4.79 Å². The number of aromatic nitrogens is 4. The van der Waals surface area contributed by atoms with E-state index in [2.05, 4.69) is 20.5 Å². The van der Waals surface area contributed by atoms with E-state index in [1.807, 2.05) is 12.3 Å². The van der Waals surface area contributed by atoms with Crippen molar-refractivity contribution in [3.8, 4) is 11.1 Å². The van der Waals surface area contributed by atoms with Crippen LogP contribution < -0.4 is 5.32 Å². The molecule has 8 heteroatoms. The topological polar surface area (TPSA) is 75.1 Å². The normalized spacial score (nSPS) is 15.8. The SMILES string of the molecule is C1CC1.O=CNc1cn2cc(-c3c(Cl)c(F)c(C4CCCC4)c4[nH]ncc34)ccc2n1. The summed E-state index contributed by atoms with van der Waals surface area (Å²) in [5.41, 5.74) is 3.38. The van der Waals surface area contributed by atoms with Crippen molar-refractivity contribution in [3.63, 3.8) is 0 Å². The molecule has 0 unspecified atom stereocenters. The summed E-state index contributed by atoms with van der Waals surface area (Å²) in [6.07, 6.45) is 14.4. The van der Waals surface area contributed by atoms with Crippen LogP contribution in [0.2, 0.25) is 5.02 Å². The number of fused-ring (bicyclic) bond motifs is 2. The molecule has 1 aromatic carbocycles. The first-order valence-corrected chi connectivity index (χ1v) is 11.1. The van der Waals surface area contributed by atoms with Crippen LogP contribution in [0.3, 0.4) is 0 Å². The largest absolute Gasteiger partial charge is 0.312 e. The van der Waals surface area contributed by atoms with Crippen LogP contribution in [-0.2, 0) is 4.79 Å². The third kappa shape index (κ3) is 3.78. The van der Waals surface area contributed by atoms with E-state index >= 15 is 4.39 Å². The van der Waals surface area contributed by atoms with E-state index in [0.717, 1.165) is 42.1 Å². The fourth-order valence-electron chi connectivity index (χ4n) is 4.29. The molecule has 0 saturated heterocycles. The molecule has 2 saturated carbocycles. The molecule has 2 aliphatic rings. The van der Waals surface area contributed by atoms with Gasteiger partial charge in [0.1, 0.15) is 11.5 Å². The maximum Gasteiger partial charge on any atom is 0.212 e. The molecular formula is C23H23ClFN5O. The van der Waals surface area contributed by atoms with E-state index in [-0.39, 0.29) is 16.8 Å². The minimum atomic E-state index is -0.366. The molecule has 6 rings (SSSR count). The Hall–Kier alpha value is -2.93. The van der Waals surface area contributed by atoms with Gasteiger partial charge in [0.25, 0.3) is 0 Å². The van der Waals surface area contributed by atoms with Gasteiger partial charge in [-0.25, -0.2) is 9.37 Å². The first kappa shape index (κ1) is 20.0. The Balaban J connectivity index is 0.000000628. The molecule has 0 atom stereocenters. The van der Waals surface area contributed by atoms with E-state index < -0.39 is 0 Å². The van der Waals surface area contributed by atoms with Gasteiger partial charge in [-0.1, -0.05) is 43.7 Å². The fraction of sp³-hybridized carbons (Fsp3) is 0.348. The van der Waals surface area contributed by atoms with Crippen molar-refractivity contribution < 1.29 is 9.18 Å². The van der Waals surface area contributed by atoms with Crippen molar-refractivity contribution in [3.05, 3.63) is 47.1 Å². The van der Waals surface area contributed by atoms with Gasteiger partial charge in [-0.2, -0.15) is 5.10 Å². The fourth-order valence-corrected chi connectivity index (χ4v) is 4.60. The molecule has 2 aliphatic carbocycles. The number of benzene rings is 1. The highest BCUT2D eigenvalue weighted by atomic mass is 35.5. The van der Waals surface area contributed by atoms with Gasteiger partial charge in [0.2, 0.25) is 6.41 Å². The minimum absolute atomic E-state index is 0.113. The number of H-pyrrole nitrogens is 1. The Labute approximate surface area is 183 Å². The molecule has 3 heterocycles. The van der Waals surface area contributed by atoms with Gasteiger partial charge < -0.3 is 9.72 Å². The molecule has 0 aliphatic heterocycles. The van der Waals surface area contributed by atoms with Gasteiger partial charge >= 0.3 is 0 Å². The van der Waals surface area contributed by atoms with Gasteiger partial charge in [-0.05, 0) is 30.9 Å². The Bertz CT molecular complexity index is 1250. The Kier molecular flexibility index (Phi) is 5.36. The molecule has 4 aromatic rings. The van der Waals surface area contributed by atoms with Crippen LogP contribution in [0.15, 0.2) is 30.7 Å². The zero-order valence-electron chi connectivity index (χ0n) is 17.0. The third-order valence-corrected chi connectivity index (χ3v) is 6.25. The van der Waals surface area contributed by atoms with Crippen LogP contribution in [0.4, 0.5) is 10.2 Å². The number of halogens is 2. The highest BCUT2D eigenvalue weighted by molar-refractivity contribution is 6.35. The van der Waals surface area contributed by atoms with E-state index in [0.29, 0.717) is 29.0 Å². The Morgan fingerprint density at radius 2 is 1.94 bits per heavy atom. The highest BCUT2D eigenvalue weighted by Gasteiger charge is 2.28. The molecule has 160 valence electrons. The summed E-state index contributed by atoms with van der Waals surface area (Å²) in [5, 5.41) is 10.6. The number of amides is 1. The number of anilines is 1. The number of carbonyl (C=O) groups is 1. The number of hydrogen-bond acceptors (Lipinski definition) is 3. The van der Waals surface area contributed by atoms with E-state index in [1.165, 1.54) is 19.3 Å². The van der Waals surface area contributed by atoms with Crippen LogP contribution in [0, 0.1) is 5.82 Å². The van der Waals surface area contributed by atoms with Crippen LogP contribution in [0.1, 0.15) is 56.4 Å². The molecule has 0 spiro atoms. The summed E-state index contributed by atoms with van der Waals surface area (Å²) in [7, 11) is 0. The minimum Gasteiger partial charge on any atom is -0.312 e. The lowest BCUT2D eigenvalue weighted by Crippen LogP contribution is -2.01. The molecule has 3 aromatic heterocycles. The number of nitrogens with one attached hydrogen (secondary N) is 2. The van der Waals surface area contributed by atoms with Crippen molar-refractivity contribution in [1.82, 2.24) is 19.6 Å². The molecule has 6 nitrogen and oxygen atoms in total. The number of nitrogens with zero attached hydrogens (tertiary/aromatic N) is 3. The average molecular weight is 440 g/mol. The molecule has 2 N–H and O–H groups in total. The first-order chi connectivity index (χ1) is 15.2. The second-order valence-corrected chi connectivity index (χ2v) is 8.57. The molecular weight excluding hydrogens is 417 g/mol. The van der Waals surface area contributed by atoms with E-state index in [4.69, 9.17) is 11.6 Å². The zero-order chi connectivity index (χ0) is 21.4. The summed E-state index contributed by atoms with van der Waals surface area (Å²) >= 11 is 6.55. The highest BCUT2D eigenvalue weighted by Crippen LogP contribution is 2.45. The summed E-state index contributed by atoms with van der Waals surface area (Å²) in [5.74, 6) is 0.242. The maximum atomic E-state index is 15.4. The van der Waals surface area contributed by atoms with Gasteiger partial charge in [0, 0.05) is 28.3 Å². The van der Waals surface area contributed by atoms with Crippen molar-refractivity contribution in [2.45, 2.75) is 50.9 Å². The lowest BCUT2D eigenvalue weighted by atomic mass is 9.91. The van der Waals surface area contributed by atoms with E-state index in [1.54, 1.807) is 22.9 Å². The second kappa shape index (κ2) is 8.30. The lowest BCUT2D eigenvalue weighted by molar-refractivity contribution is -0.105. The Morgan fingerprint density at radius 1 is 1.16 bits per heavy atom. The number of hydrogen-bond donors (Lipinski definition) is 2. The quantitative estimate of drug-likeness (QED) is 0.379. The average Bonchev–Trinajstić information content (AvgIpc) is 3.24. The van der Waals surface area contributed by atoms with Crippen molar-refractivity contribution >= 4 is 40.4 Å². The van der Waals surface area contributed by atoms with Gasteiger partial charge in [0.05, 0.1) is 22.9 Å². The standard InChI is InChI=1S/C20H17ClFN5O.C3H6/c21-18-16(12-5-6-15-25-14(23-10-28)9-27(15)8-12)13-7-24-26-20(13)17(19(18)22)11-3-1-2-4-11;1-2-3-1/h5-11H,1-4H2,(H,23,28)(H,24,26);1-3H2. The molecule has 0 radical (unpaired) electrons. The molecule has 0 bridgehead atoms. The summed E-state index contributed by atoms with van der Waals surface area (Å²) in [6.45, 7) is 0. The second-order valence-electron chi connectivity index (χ2n) is 8.19. The first-order valence-electron chi connectivity index (χ1n) is 10.7. The summed E-state index contributed by atoms with van der Waals surface area (Å²) in [6, 6.07) is 3.64. The molecule has 2 fully saturated rings. The number of aromatic amines is 1. The smallest absolute Gasteiger partial charge is 0.212 e. The van der Waals surface area contributed by atoms with Crippen molar-refractivity contribution in [2.24, 2.45) is 0 Å². The van der Waals surface area contributed by atoms with Crippen LogP contribution >= 0.6 is 11.6 Å². The van der Waals surface area contributed by atoms with Gasteiger partial charge in [0.15, 0.2) is 5.82 Å². The lowest BCUT2D eigenvalue weighted by Gasteiger charge is -2.16. The molecule has 31 heavy (non-hydrogen) atoms. The number of pyridine rings is 1. The number of carbonyl (C=O) groups excluding carboxylic acids is 1. The number of imidazole rings is 1. The summed E-state index contributed by atoms with van der Waals surface area (Å²) < 4.78 is 17.1. The van der Waals surface area contributed by atoms with Crippen LogP contribution in [-0.4, -0.2) is 26.0 Å². The predicted octanol–water partition coefficient (Wildman–Crippen LogP) is 6.07. The van der Waals surface area contributed by atoms with Gasteiger partial charge in [-0.15, -0.1) is 0 Å². The monoisotopic (exact) mass is 439 g/mol. The van der Waals surface area contributed by atoms with Crippen LogP contribution in [0.5, 0.6) is 0 Å². The Morgan fingerprint density at radius 3 is 2.65 bits per heavy atom. The number of rotatable bonds is 4. The maximum absolute atomic E-state index is 15.4. The van der Waals surface area contributed by atoms with Gasteiger partial charge in [-0.3, -0.25) is 9.89 Å². The zero-order valence-corrected chi connectivity index (χ0v) is 17.8. The third-order valence-electron chi connectivity index (χ3n) is 5.89. The van der Waals surface area contributed by atoms with Crippen molar-refractivity contribution in [1.29, 1.82) is 0 Å². The summed E-state index contributed by atoms with van der Waals surface area (Å²) in [4.78, 5) is 14.9.